The lowest BCUT2D eigenvalue weighted by Gasteiger charge is -2.38. The van der Waals surface area contributed by atoms with Gasteiger partial charge in [-0.15, -0.1) is 0 Å². The van der Waals surface area contributed by atoms with Crippen LogP contribution in [0, 0.1) is 25.5 Å². The van der Waals surface area contributed by atoms with Gasteiger partial charge < -0.3 is 25.3 Å². The Hall–Kier alpha value is -5.25. The van der Waals surface area contributed by atoms with E-state index in [1.165, 1.54) is 18.2 Å². The maximum Gasteiger partial charge on any atom is 0.262 e. The highest BCUT2D eigenvalue weighted by molar-refractivity contribution is 8.13. The molecular weight excluding hydrogens is 909 g/mol. The van der Waals surface area contributed by atoms with Crippen molar-refractivity contribution in [3.8, 4) is 0 Å². The molecule has 0 aliphatic carbocycles. The first-order chi connectivity index (χ1) is 30.0. The lowest BCUT2D eigenvalue weighted by Crippen LogP contribution is -2.47. The summed E-state index contributed by atoms with van der Waals surface area (Å²) in [5, 5.41) is 0.793. The summed E-state index contributed by atoms with van der Waals surface area (Å²) in [5.74, 6) is -0.609. The number of nitrogens with zero attached hydrogens (tertiary/aromatic N) is 4. The second kappa shape index (κ2) is 21.0. The van der Waals surface area contributed by atoms with E-state index in [4.69, 9.17) is 39.6 Å². The van der Waals surface area contributed by atoms with E-state index in [-0.39, 0.29) is 21.4 Å². The number of nitrogens with one attached hydrogen (secondary N) is 1. The van der Waals surface area contributed by atoms with Gasteiger partial charge in [0.2, 0.25) is 0 Å². The second-order valence-corrected chi connectivity index (χ2v) is 19.8. The number of rotatable bonds is 8. The number of anilines is 6. The van der Waals surface area contributed by atoms with Crippen LogP contribution in [-0.2, 0) is 19.1 Å². The number of nitrogen functional groups attached to an aromatic ring is 1. The van der Waals surface area contributed by atoms with Crippen LogP contribution in [0.25, 0.3) is 0 Å². The number of hydrogen-bond acceptors (Lipinski definition) is 9. The number of sulfonamides is 1. The minimum Gasteiger partial charge on any atom is -0.397 e. The van der Waals surface area contributed by atoms with Gasteiger partial charge in [-0.1, -0.05) is 83.9 Å². The SMILES string of the molecule is Cc1ccccc1S(=O)(=O)Cl.Cc1ccccc1S(=O)(=O)Nc1ccccc1N1CCN(c2ccc(Cl)cc2F)CC1.Nc1ccccc1N1CCN(c2ccc(Cl)cc2F)CC1. The Balaban J connectivity index is 0.000000177. The summed E-state index contributed by atoms with van der Waals surface area (Å²) in [6, 6.07) is 38.2. The summed E-state index contributed by atoms with van der Waals surface area (Å²) in [7, 11) is -2.14. The molecule has 10 nitrogen and oxygen atoms in total. The maximum absolute atomic E-state index is 14.3. The zero-order valence-corrected chi connectivity index (χ0v) is 38.5. The summed E-state index contributed by atoms with van der Waals surface area (Å²) in [5.41, 5.74) is 11.7. The van der Waals surface area contributed by atoms with Crippen molar-refractivity contribution >= 4 is 87.1 Å². The van der Waals surface area contributed by atoms with Crippen LogP contribution in [0.4, 0.5) is 42.9 Å². The highest BCUT2D eigenvalue weighted by Gasteiger charge is 2.25. The zero-order chi connectivity index (χ0) is 45.3. The third-order valence-electron chi connectivity index (χ3n) is 10.6. The molecule has 0 amide bonds. The molecule has 0 unspecified atom stereocenters. The smallest absolute Gasteiger partial charge is 0.262 e. The molecule has 0 radical (unpaired) electrons. The zero-order valence-electron chi connectivity index (χ0n) is 34.6. The molecule has 0 aromatic heterocycles. The minimum atomic E-state index is -3.72. The Morgan fingerprint density at radius 3 is 1.32 bits per heavy atom. The van der Waals surface area contributed by atoms with Crippen LogP contribution in [0.1, 0.15) is 11.1 Å². The maximum atomic E-state index is 14.3. The lowest BCUT2D eigenvalue weighted by molar-refractivity contribution is 0.596. The molecule has 8 rings (SSSR count). The summed E-state index contributed by atoms with van der Waals surface area (Å²) in [6.45, 7) is 9.10. The van der Waals surface area contributed by atoms with E-state index >= 15 is 0 Å². The number of benzene rings is 6. The fourth-order valence-electron chi connectivity index (χ4n) is 7.35. The summed E-state index contributed by atoms with van der Waals surface area (Å²) in [4.78, 5) is 8.80. The largest absolute Gasteiger partial charge is 0.397 e. The molecule has 2 heterocycles. The van der Waals surface area contributed by atoms with Gasteiger partial charge in [0.1, 0.15) is 11.6 Å². The monoisotopic (exact) mass is 954 g/mol. The average Bonchev–Trinajstić information content (AvgIpc) is 3.25. The Kier molecular flexibility index (Phi) is 15.7. The van der Waals surface area contributed by atoms with Crippen molar-refractivity contribution in [1.29, 1.82) is 0 Å². The van der Waals surface area contributed by atoms with Gasteiger partial charge in [-0.25, -0.2) is 25.6 Å². The van der Waals surface area contributed by atoms with Crippen LogP contribution in [0.15, 0.2) is 143 Å². The summed E-state index contributed by atoms with van der Waals surface area (Å²) < 4.78 is 78.6. The van der Waals surface area contributed by atoms with Crippen LogP contribution in [0.3, 0.4) is 0 Å². The topological polar surface area (TPSA) is 119 Å². The number of nitrogens with two attached hydrogens (primary N) is 1. The standard InChI is InChI=1S/C23H23ClFN3O2S.C16H17ClFN3.C7H7ClO2S/c1-17-6-2-5-9-23(17)31(29,30)26-20-7-3-4-8-22(20)28-14-12-27(13-15-28)21-11-10-18(24)16-19(21)25;17-12-5-6-15(13(18)11-12)20-7-9-21(10-8-20)16-4-2-1-3-14(16)19;1-6-4-2-3-5-7(6)11(8,9)10/h2-11,16,26H,12-15H2,1H3;1-6,11H,7-10,19H2;2-5H,1H3. The van der Waals surface area contributed by atoms with E-state index in [9.17, 15) is 25.6 Å². The Bertz CT molecular complexity index is 2750. The van der Waals surface area contributed by atoms with Crippen LogP contribution in [-0.4, -0.2) is 69.2 Å². The first kappa shape index (κ1) is 47.2. The molecule has 6 aromatic rings. The number of para-hydroxylation sites is 4. The average molecular weight is 956 g/mol. The molecule has 2 aliphatic heterocycles. The number of aryl methyl sites for hydroxylation is 2. The van der Waals surface area contributed by atoms with E-state index in [1.807, 2.05) is 52.3 Å². The van der Waals surface area contributed by atoms with Gasteiger partial charge in [0, 0.05) is 73.1 Å². The first-order valence-corrected chi connectivity index (χ1v) is 24.5. The van der Waals surface area contributed by atoms with Crippen molar-refractivity contribution in [1.82, 2.24) is 0 Å². The lowest BCUT2D eigenvalue weighted by atomic mass is 10.2. The van der Waals surface area contributed by atoms with Crippen LogP contribution < -0.4 is 30.1 Å². The summed E-state index contributed by atoms with van der Waals surface area (Å²) >= 11 is 11.7. The molecule has 0 bridgehead atoms. The van der Waals surface area contributed by atoms with Crippen LogP contribution in [0.2, 0.25) is 10.0 Å². The van der Waals surface area contributed by atoms with E-state index in [2.05, 4.69) is 14.5 Å². The quantitative estimate of drug-likeness (QED) is 0.114. The number of piperazine rings is 2. The van der Waals surface area contributed by atoms with Crippen LogP contribution in [0.5, 0.6) is 0 Å². The second-order valence-electron chi connectivity index (χ2n) is 14.8. The molecule has 0 atom stereocenters. The normalized spacial score (nSPS) is 14.3. The molecule has 2 fully saturated rings. The van der Waals surface area contributed by atoms with E-state index in [0.29, 0.717) is 64.4 Å². The number of halogens is 5. The van der Waals surface area contributed by atoms with E-state index in [0.717, 1.165) is 43.2 Å². The molecule has 63 heavy (non-hydrogen) atoms. The predicted molar refractivity (Wildman–Crippen MR) is 255 cm³/mol. The third kappa shape index (κ3) is 12.3. The predicted octanol–water partition coefficient (Wildman–Crippen LogP) is 10.2. The van der Waals surface area contributed by atoms with Crippen molar-refractivity contribution in [3.63, 3.8) is 0 Å². The Labute approximate surface area is 382 Å². The molecule has 17 heteroatoms. The van der Waals surface area contributed by atoms with Crippen molar-refractivity contribution in [2.75, 3.05) is 82.4 Å². The van der Waals surface area contributed by atoms with Gasteiger partial charge in [-0.05, 0) is 97.8 Å². The third-order valence-corrected chi connectivity index (χ3v) is 14.0. The fourth-order valence-corrected chi connectivity index (χ4v) is 10.2. The van der Waals surface area contributed by atoms with Gasteiger partial charge in [0.15, 0.2) is 0 Å². The Morgan fingerprint density at radius 1 is 0.508 bits per heavy atom. The highest BCUT2D eigenvalue weighted by Crippen LogP contribution is 2.32. The van der Waals surface area contributed by atoms with Gasteiger partial charge >= 0.3 is 0 Å². The molecule has 332 valence electrons. The molecule has 0 spiro atoms. The molecule has 6 aromatic carbocycles. The van der Waals surface area contributed by atoms with Crippen molar-refractivity contribution < 1.29 is 25.6 Å². The van der Waals surface area contributed by atoms with Crippen LogP contribution >= 0.6 is 33.9 Å². The van der Waals surface area contributed by atoms with E-state index in [1.54, 1.807) is 86.6 Å². The van der Waals surface area contributed by atoms with Crippen molar-refractivity contribution in [3.05, 3.63) is 166 Å². The minimum absolute atomic E-state index is 0.182. The molecule has 0 saturated carbocycles. The van der Waals surface area contributed by atoms with Gasteiger partial charge in [-0.2, -0.15) is 0 Å². The van der Waals surface area contributed by atoms with Crippen molar-refractivity contribution in [2.24, 2.45) is 0 Å². The molecule has 2 aliphatic rings. The first-order valence-electron chi connectivity index (χ1n) is 19.9. The molecular formula is C46H47Cl3F2N6O4S2. The van der Waals surface area contributed by atoms with Gasteiger partial charge in [0.25, 0.3) is 19.1 Å². The van der Waals surface area contributed by atoms with Gasteiger partial charge in [-0.3, -0.25) is 4.72 Å². The fraction of sp³-hybridized carbons (Fsp3) is 0.217. The summed E-state index contributed by atoms with van der Waals surface area (Å²) in [6.07, 6.45) is 0. The van der Waals surface area contributed by atoms with E-state index < -0.39 is 19.1 Å². The van der Waals surface area contributed by atoms with Crippen molar-refractivity contribution in [2.45, 2.75) is 23.6 Å². The Morgan fingerprint density at radius 2 is 0.889 bits per heavy atom. The molecule has 3 N–H and O–H groups in total. The van der Waals surface area contributed by atoms with Gasteiger partial charge in [0.05, 0.1) is 43.9 Å². The number of hydrogen-bond donors (Lipinski definition) is 2. The highest BCUT2D eigenvalue weighted by atomic mass is 35.7. The molecule has 2 saturated heterocycles.